The van der Waals surface area contributed by atoms with Crippen LogP contribution in [0.25, 0.3) is 0 Å². The Morgan fingerprint density at radius 2 is 1.43 bits per heavy atom. The predicted octanol–water partition coefficient (Wildman–Crippen LogP) is -1.04. The van der Waals surface area contributed by atoms with Crippen LogP contribution in [0.3, 0.4) is 0 Å². The molecule has 0 spiro atoms. The molecule has 0 radical (unpaired) electrons. The molecule has 1 atom stereocenters. The van der Waals surface area contributed by atoms with Gasteiger partial charge >= 0.3 is 17.9 Å². The van der Waals surface area contributed by atoms with Crippen LogP contribution in [0.1, 0.15) is 20.8 Å². The quantitative estimate of drug-likeness (QED) is 0.341. The van der Waals surface area contributed by atoms with Crippen LogP contribution >= 0.6 is 0 Å². The summed E-state index contributed by atoms with van der Waals surface area (Å²) < 4.78 is 39.2. The SMILES string of the molecule is CCOC(=O)C(NS(=O)(=O)C(C)C(=O)OC)C(=O)OCC. The molecular weight excluding hydrogens is 306 g/mol. The van der Waals surface area contributed by atoms with Crippen LogP contribution in [0, 0.1) is 0 Å². The standard InChI is InChI=1S/C11H19NO8S/c1-5-19-10(14)8(11(15)20-6-2)12-21(16,17)7(3)9(13)18-4/h7-8,12H,5-6H2,1-4H3. The fraction of sp³-hybridized carbons (Fsp3) is 0.727. The summed E-state index contributed by atoms with van der Waals surface area (Å²) in [7, 11) is -3.31. The predicted molar refractivity (Wildman–Crippen MR) is 70.6 cm³/mol. The van der Waals surface area contributed by atoms with E-state index >= 15 is 0 Å². The Kier molecular flexibility index (Phi) is 7.89. The number of esters is 3. The molecule has 0 aliphatic rings. The van der Waals surface area contributed by atoms with Crippen LogP contribution in [0.5, 0.6) is 0 Å². The lowest BCUT2D eigenvalue weighted by molar-refractivity contribution is -0.157. The molecule has 0 fully saturated rings. The first kappa shape index (κ1) is 19.3. The van der Waals surface area contributed by atoms with E-state index in [-0.39, 0.29) is 13.2 Å². The van der Waals surface area contributed by atoms with E-state index in [0.717, 1.165) is 14.0 Å². The van der Waals surface area contributed by atoms with E-state index in [0.29, 0.717) is 0 Å². The number of methoxy groups -OCH3 is 1. The highest BCUT2D eigenvalue weighted by Crippen LogP contribution is 2.05. The molecule has 0 aliphatic heterocycles. The third kappa shape index (κ3) is 5.68. The van der Waals surface area contributed by atoms with Gasteiger partial charge in [-0.2, -0.15) is 4.72 Å². The average molecular weight is 325 g/mol. The molecule has 122 valence electrons. The summed E-state index contributed by atoms with van der Waals surface area (Å²) in [6.07, 6.45) is 0. The van der Waals surface area contributed by atoms with Gasteiger partial charge in [-0.25, -0.2) is 18.0 Å². The van der Waals surface area contributed by atoms with Gasteiger partial charge in [-0.3, -0.25) is 4.79 Å². The van der Waals surface area contributed by atoms with Crippen molar-refractivity contribution in [2.75, 3.05) is 20.3 Å². The van der Waals surface area contributed by atoms with Gasteiger partial charge in [-0.1, -0.05) is 0 Å². The van der Waals surface area contributed by atoms with E-state index in [2.05, 4.69) is 14.2 Å². The van der Waals surface area contributed by atoms with Crippen LogP contribution in [-0.2, 0) is 38.6 Å². The first-order valence-corrected chi connectivity index (χ1v) is 7.68. The van der Waals surface area contributed by atoms with Crippen molar-refractivity contribution >= 4 is 27.9 Å². The van der Waals surface area contributed by atoms with Gasteiger partial charge < -0.3 is 14.2 Å². The lowest BCUT2D eigenvalue weighted by atomic mass is 10.3. The van der Waals surface area contributed by atoms with Crippen LogP contribution in [-0.4, -0.2) is 57.9 Å². The number of rotatable bonds is 8. The second-order valence-electron chi connectivity index (χ2n) is 3.77. The average Bonchev–Trinajstić information content (AvgIpc) is 2.43. The van der Waals surface area contributed by atoms with Gasteiger partial charge in [0, 0.05) is 0 Å². The molecule has 0 saturated heterocycles. The van der Waals surface area contributed by atoms with Crippen LogP contribution in [0.2, 0.25) is 0 Å². The van der Waals surface area contributed by atoms with Crippen LogP contribution in [0.4, 0.5) is 0 Å². The minimum Gasteiger partial charge on any atom is -0.468 e. The smallest absolute Gasteiger partial charge is 0.335 e. The summed E-state index contributed by atoms with van der Waals surface area (Å²) in [6.45, 7) is 3.94. The first-order chi connectivity index (χ1) is 9.71. The van der Waals surface area contributed by atoms with Gasteiger partial charge in [0.2, 0.25) is 16.1 Å². The van der Waals surface area contributed by atoms with Crippen LogP contribution in [0.15, 0.2) is 0 Å². The molecule has 0 heterocycles. The first-order valence-electron chi connectivity index (χ1n) is 6.13. The molecule has 21 heavy (non-hydrogen) atoms. The van der Waals surface area contributed by atoms with Gasteiger partial charge in [0.15, 0.2) is 5.25 Å². The number of ether oxygens (including phenoxy) is 3. The Hall–Kier alpha value is -1.68. The lowest BCUT2D eigenvalue weighted by Gasteiger charge is -2.18. The fourth-order valence-electron chi connectivity index (χ4n) is 1.20. The van der Waals surface area contributed by atoms with Crippen molar-refractivity contribution in [3.8, 4) is 0 Å². The molecule has 0 aliphatic carbocycles. The van der Waals surface area contributed by atoms with Crippen molar-refractivity contribution in [1.82, 2.24) is 4.72 Å². The monoisotopic (exact) mass is 325 g/mol. The third-order valence-corrected chi connectivity index (χ3v) is 4.01. The number of carbonyl (C=O) groups is 3. The maximum Gasteiger partial charge on any atom is 0.335 e. The summed E-state index contributed by atoms with van der Waals surface area (Å²) in [5.74, 6) is -3.26. The molecule has 1 unspecified atom stereocenters. The van der Waals surface area contributed by atoms with Crippen molar-refractivity contribution in [1.29, 1.82) is 0 Å². The number of nitrogens with one attached hydrogen (secondary N) is 1. The normalized spacial score (nSPS) is 12.6. The molecule has 9 nitrogen and oxygen atoms in total. The molecule has 1 N–H and O–H groups in total. The number of sulfonamides is 1. The molecular formula is C11H19NO8S. The summed E-state index contributed by atoms with van der Waals surface area (Å²) >= 11 is 0. The highest BCUT2D eigenvalue weighted by molar-refractivity contribution is 7.90. The molecule has 0 aromatic heterocycles. The maximum atomic E-state index is 11.9. The van der Waals surface area contributed by atoms with Crippen molar-refractivity contribution in [2.24, 2.45) is 0 Å². The lowest BCUT2D eigenvalue weighted by Crippen LogP contribution is -2.51. The van der Waals surface area contributed by atoms with E-state index in [1.807, 2.05) is 0 Å². The molecule has 0 aromatic carbocycles. The van der Waals surface area contributed by atoms with E-state index < -0.39 is 39.2 Å². The summed E-state index contributed by atoms with van der Waals surface area (Å²) in [5, 5.41) is -1.60. The topological polar surface area (TPSA) is 125 Å². The van der Waals surface area contributed by atoms with Gasteiger partial charge in [0.1, 0.15) is 0 Å². The third-order valence-electron chi connectivity index (χ3n) is 2.33. The van der Waals surface area contributed by atoms with Gasteiger partial charge in [0.25, 0.3) is 0 Å². The van der Waals surface area contributed by atoms with Gasteiger partial charge in [-0.15, -0.1) is 0 Å². The minimum absolute atomic E-state index is 0.0526. The van der Waals surface area contributed by atoms with Crippen molar-refractivity contribution < 1.29 is 37.0 Å². The van der Waals surface area contributed by atoms with Gasteiger partial charge in [0.05, 0.1) is 20.3 Å². The molecule has 0 saturated carbocycles. The Bertz CT molecular complexity index is 468. The molecule has 0 rings (SSSR count). The zero-order chi connectivity index (χ0) is 16.6. The molecule has 10 heteroatoms. The Morgan fingerprint density at radius 3 is 1.76 bits per heavy atom. The second-order valence-corrected chi connectivity index (χ2v) is 5.80. The number of hydrogen-bond acceptors (Lipinski definition) is 8. The van der Waals surface area contributed by atoms with E-state index in [4.69, 9.17) is 0 Å². The van der Waals surface area contributed by atoms with Crippen LogP contribution < -0.4 is 4.72 Å². The zero-order valence-corrected chi connectivity index (χ0v) is 13.1. The summed E-state index contributed by atoms with van der Waals surface area (Å²) in [4.78, 5) is 34.5. The largest absolute Gasteiger partial charge is 0.468 e. The van der Waals surface area contributed by atoms with E-state index in [1.165, 1.54) is 13.8 Å². The Labute approximate surface area is 123 Å². The number of hydrogen-bond donors (Lipinski definition) is 1. The molecule has 0 amide bonds. The number of carbonyl (C=O) groups excluding carboxylic acids is 3. The van der Waals surface area contributed by atoms with Crippen molar-refractivity contribution in [3.63, 3.8) is 0 Å². The molecule has 0 bridgehead atoms. The molecule has 0 aromatic rings. The van der Waals surface area contributed by atoms with Gasteiger partial charge in [-0.05, 0) is 20.8 Å². The highest BCUT2D eigenvalue weighted by atomic mass is 32.2. The second kappa shape index (κ2) is 8.57. The van der Waals surface area contributed by atoms with Crippen molar-refractivity contribution in [2.45, 2.75) is 32.1 Å². The Morgan fingerprint density at radius 1 is 1.00 bits per heavy atom. The van der Waals surface area contributed by atoms with E-state index in [1.54, 1.807) is 4.72 Å². The van der Waals surface area contributed by atoms with E-state index in [9.17, 15) is 22.8 Å². The fourth-order valence-corrected chi connectivity index (χ4v) is 2.28. The summed E-state index contributed by atoms with van der Waals surface area (Å²) in [5.41, 5.74) is 0. The summed E-state index contributed by atoms with van der Waals surface area (Å²) in [6, 6.07) is -1.87. The zero-order valence-electron chi connectivity index (χ0n) is 12.2. The highest BCUT2D eigenvalue weighted by Gasteiger charge is 2.38. The Balaban J connectivity index is 5.24. The maximum absolute atomic E-state index is 11.9. The minimum atomic E-state index is -4.32. The van der Waals surface area contributed by atoms with Crippen molar-refractivity contribution in [3.05, 3.63) is 0 Å².